The zero-order valence-corrected chi connectivity index (χ0v) is 12.1. The third-order valence-corrected chi connectivity index (χ3v) is 4.32. The van der Waals surface area contributed by atoms with Gasteiger partial charge in [0.25, 0.3) is 0 Å². The Kier molecular flexibility index (Phi) is 3.89. The Balaban J connectivity index is 2.10. The van der Waals surface area contributed by atoms with Gasteiger partial charge in [-0.3, -0.25) is 19.7 Å². The zero-order chi connectivity index (χ0) is 15.8. The molecule has 0 aliphatic carbocycles. The van der Waals surface area contributed by atoms with Gasteiger partial charge in [0.15, 0.2) is 0 Å². The molecule has 0 radical (unpaired) electrons. The van der Waals surface area contributed by atoms with Crippen molar-refractivity contribution >= 4 is 23.8 Å². The van der Waals surface area contributed by atoms with Gasteiger partial charge in [0.05, 0.1) is 5.41 Å². The number of carbonyl (C=O) groups is 4. The van der Waals surface area contributed by atoms with E-state index in [-0.39, 0.29) is 25.6 Å². The average molecular weight is 297 g/mol. The van der Waals surface area contributed by atoms with Crippen LogP contribution in [0.2, 0.25) is 0 Å². The van der Waals surface area contributed by atoms with Gasteiger partial charge >= 0.3 is 12.0 Å². The summed E-state index contributed by atoms with van der Waals surface area (Å²) in [7, 11) is 0. The van der Waals surface area contributed by atoms with E-state index >= 15 is 0 Å². The number of hydrogen-bond acceptors (Lipinski definition) is 4. The average Bonchev–Trinajstić information content (AvgIpc) is 2.83. The predicted octanol–water partition coefficient (Wildman–Crippen LogP) is -0.502. The maximum Gasteiger partial charge on any atom is 0.320 e. The number of piperazine rings is 1. The largest absolute Gasteiger partial charge is 0.481 e. The minimum absolute atomic E-state index is 0.102. The summed E-state index contributed by atoms with van der Waals surface area (Å²) in [5, 5.41) is 11.6. The van der Waals surface area contributed by atoms with Crippen LogP contribution in [0, 0.1) is 11.3 Å². The van der Waals surface area contributed by atoms with E-state index in [9.17, 15) is 24.3 Å². The predicted molar refractivity (Wildman–Crippen MR) is 71.2 cm³/mol. The third-order valence-electron chi connectivity index (χ3n) is 4.32. The van der Waals surface area contributed by atoms with Gasteiger partial charge in [-0.1, -0.05) is 13.8 Å². The van der Waals surface area contributed by atoms with E-state index in [0.29, 0.717) is 13.0 Å². The zero-order valence-electron chi connectivity index (χ0n) is 12.1. The van der Waals surface area contributed by atoms with E-state index in [1.165, 1.54) is 4.90 Å². The summed E-state index contributed by atoms with van der Waals surface area (Å²) >= 11 is 0. The van der Waals surface area contributed by atoms with Crippen molar-refractivity contribution in [1.82, 2.24) is 15.1 Å². The summed E-state index contributed by atoms with van der Waals surface area (Å²) in [6, 6.07) is -0.457. The number of nitrogens with one attached hydrogen (secondary N) is 1. The summed E-state index contributed by atoms with van der Waals surface area (Å²) < 4.78 is 0. The molecule has 2 fully saturated rings. The van der Waals surface area contributed by atoms with E-state index in [2.05, 4.69) is 5.32 Å². The lowest BCUT2D eigenvalue weighted by atomic mass is 9.76. The standard InChI is InChI=1S/C13H19N3O5/c1-8(2)13(11(19)20)3-4-15(7-13)12(21)16-5-9(17)14-10(18)6-16/h8H,3-7H2,1-2H3,(H,19,20)(H,14,17,18). The molecule has 2 heterocycles. The fraction of sp³-hybridized carbons (Fsp3) is 0.692. The number of urea groups is 1. The molecule has 0 aromatic rings. The minimum atomic E-state index is -0.961. The first-order chi connectivity index (χ1) is 9.76. The number of carboxylic acids is 1. The van der Waals surface area contributed by atoms with E-state index in [0.717, 1.165) is 4.90 Å². The molecule has 0 saturated carbocycles. The highest BCUT2D eigenvalue weighted by molar-refractivity contribution is 6.02. The van der Waals surface area contributed by atoms with Crippen molar-refractivity contribution < 1.29 is 24.3 Å². The van der Waals surface area contributed by atoms with Crippen LogP contribution in [0.3, 0.4) is 0 Å². The van der Waals surface area contributed by atoms with Crippen LogP contribution in [0.25, 0.3) is 0 Å². The first-order valence-electron chi connectivity index (χ1n) is 6.86. The normalized spacial score (nSPS) is 26.2. The molecule has 21 heavy (non-hydrogen) atoms. The number of amides is 4. The number of hydrogen-bond donors (Lipinski definition) is 2. The van der Waals surface area contributed by atoms with Gasteiger partial charge in [0.1, 0.15) is 13.1 Å². The molecule has 4 amide bonds. The summed E-state index contributed by atoms with van der Waals surface area (Å²) in [6.07, 6.45) is 0.375. The molecule has 8 nitrogen and oxygen atoms in total. The Hall–Kier alpha value is -2.12. The van der Waals surface area contributed by atoms with Crippen LogP contribution in [-0.4, -0.2) is 64.9 Å². The van der Waals surface area contributed by atoms with Crippen molar-refractivity contribution in [3.05, 3.63) is 0 Å². The maximum atomic E-state index is 12.4. The number of imide groups is 1. The highest BCUT2D eigenvalue weighted by Crippen LogP contribution is 2.38. The molecular formula is C13H19N3O5. The van der Waals surface area contributed by atoms with Crippen molar-refractivity contribution in [2.75, 3.05) is 26.2 Å². The number of nitrogens with zero attached hydrogens (tertiary/aromatic N) is 2. The maximum absolute atomic E-state index is 12.4. The monoisotopic (exact) mass is 297 g/mol. The number of rotatable bonds is 2. The van der Waals surface area contributed by atoms with Gasteiger partial charge in [-0.05, 0) is 12.3 Å². The Morgan fingerprint density at radius 1 is 1.19 bits per heavy atom. The quantitative estimate of drug-likeness (QED) is 0.668. The van der Waals surface area contributed by atoms with E-state index < -0.39 is 29.2 Å². The molecule has 1 unspecified atom stereocenters. The van der Waals surface area contributed by atoms with E-state index in [1.54, 1.807) is 0 Å². The molecule has 116 valence electrons. The van der Waals surface area contributed by atoms with Crippen LogP contribution >= 0.6 is 0 Å². The Morgan fingerprint density at radius 3 is 2.19 bits per heavy atom. The molecule has 2 aliphatic rings. The molecular weight excluding hydrogens is 278 g/mol. The Bertz CT molecular complexity index is 488. The molecule has 2 saturated heterocycles. The fourth-order valence-electron chi connectivity index (χ4n) is 2.86. The van der Waals surface area contributed by atoms with Gasteiger partial charge in [-0.15, -0.1) is 0 Å². The Labute approximate surface area is 122 Å². The van der Waals surface area contributed by atoms with Gasteiger partial charge in [0.2, 0.25) is 11.8 Å². The fourth-order valence-corrected chi connectivity index (χ4v) is 2.86. The van der Waals surface area contributed by atoms with Crippen LogP contribution < -0.4 is 5.32 Å². The van der Waals surface area contributed by atoms with Crippen molar-refractivity contribution in [1.29, 1.82) is 0 Å². The molecule has 2 N–H and O–H groups in total. The van der Waals surface area contributed by atoms with E-state index in [4.69, 9.17) is 0 Å². The smallest absolute Gasteiger partial charge is 0.320 e. The molecule has 1 atom stereocenters. The molecule has 0 aromatic carbocycles. The molecule has 8 heteroatoms. The van der Waals surface area contributed by atoms with Gasteiger partial charge < -0.3 is 14.9 Å². The second-order valence-electron chi connectivity index (χ2n) is 5.90. The number of carbonyl (C=O) groups excluding carboxylic acids is 3. The summed E-state index contributed by atoms with van der Waals surface area (Å²) in [6.45, 7) is 3.70. The molecule has 2 rings (SSSR count). The molecule has 0 bridgehead atoms. The van der Waals surface area contributed by atoms with Crippen LogP contribution in [0.1, 0.15) is 20.3 Å². The first-order valence-corrected chi connectivity index (χ1v) is 6.86. The third kappa shape index (κ3) is 2.70. The second-order valence-corrected chi connectivity index (χ2v) is 5.90. The van der Waals surface area contributed by atoms with Gasteiger partial charge in [-0.25, -0.2) is 4.79 Å². The summed E-state index contributed by atoms with van der Waals surface area (Å²) in [5.41, 5.74) is -0.961. The number of aliphatic carboxylic acids is 1. The lowest BCUT2D eigenvalue weighted by Crippen LogP contribution is -2.56. The lowest BCUT2D eigenvalue weighted by molar-refractivity contribution is -0.151. The lowest BCUT2D eigenvalue weighted by Gasteiger charge is -2.32. The SMILES string of the molecule is CC(C)C1(C(=O)O)CCN(C(=O)N2CC(=O)NC(=O)C2)C1. The van der Waals surface area contributed by atoms with Gasteiger partial charge in [0, 0.05) is 13.1 Å². The topological polar surface area (TPSA) is 107 Å². The van der Waals surface area contributed by atoms with Crippen molar-refractivity contribution in [2.45, 2.75) is 20.3 Å². The van der Waals surface area contributed by atoms with Crippen LogP contribution in [-0.2, 0) is 14.4 Å². The summed E-state index contributed by atoms with van der Waals surface area (Å²) in [5.74, 6) is -2.07. The van der Waals surface area contributed by atoms with Crippen molar-refractivity contribution in [3.8, 4) is 0 Å². The first kappa shape index (κ1) is 15.3. The number of carboxylic acid groups (broad SMARTS) is 1. The molecule has 0 spiro atoms. The Morgan fingerprint density at radius 2 is 1.76 bits per heavy atom. The van der Waals surface area contributed by atoms with Gasteiger partial charge in [-0.2, -0.15) is 0 Å². The molecule has 2 aliphatic heterocycles. The van der Waals surface area contributed by atoms with Crippen molar-refractivity contribution in [3.63, 3.8) is 0 Å². The second kappa shape index (κ2) is 5.34. The van der Waals surface area contributed by atoms with E-state index in [1.807, 2.05) is 13.8 Å². The minimum Gasteiger partial charge on any atom is -0.481 e. The number of likely N-dealkylation sites (tertiary alicyclic amines) is 1. The van der Waals surface area contributed by atoms with Crippen LogP contribution in [0.15, 0.2) is 0 Å². The van der Waals surface area contributed by atoms with Crippen LogP contribution in [0.4, 0.5) is 4.79 Å². The van der Waals surface area contributed by atoms with Crippen molar-refractivity contribution in [2.24, 2.45) is 11.3 Å². The molecule has 0 aromatic heterocycles. The highest BCUT2D eigenvalue weighted by Gasteiger charge is 2.49. The highest BCUT2D eigenvalue weighted by atomic mass is 16.4. The van der Waals surface area contributed by atoms with Crippen LogP contribution in [0.5, 0.6) is 0 Å². The summed E-state index contributed by atoms with van der Waals surface area (Å²) in [4.78, 5) is 49.1.